The lowest BCUT2D eigenvalue weighted by molar-refractivity contribution is -0.129. The summed E-state index contributed by atoms with van der Waals surface area (Å²) in [6, 6.07) is 23.3. The summed E-state index contributed by atoms with van der Waals surface area (Å²) in [5.41, 5.74) is 9.62. The topological polar surface area (TPSA) is 316 Å². The van der Waals surface area contributed by atoms with Crippen molar-refractivity contribution < 1.29 is 38.0 Å². The van der Waals surface area contributed by atoms with Gasteiger partial charge < -0.3 is 64.8 Å². The highest BCUT2D eigenvalue weighted by atomic mass is 32.1. The number of nitrogens with one attached hydrogen (secondary N) is 3. The highest BCUT2D eigenvalue weighted by Gasteiger charge is 2.30. The molecule has 5 N–H and O–H groups in total. The van der Waals surface area contributed by atoms with Crippen LogP contribution in [-0.4, -0.2) is 173 Å². The first-order valence-corrected chi connectivity index (χ1v) is 30.4. The van der Waals surface area contributed by atoms with Gasteiger partial charge in [0.25, 0.3) is 0 Å². The molecule has 87 heavy (non-hydrogen) atoms. The van der Waals surface area contributed by atoms with E-state index in [4.69, 9.17) is 34.2 Å². The Morgan fingerprint density at radius 2 is 0.805 bits per heavy atom. The zero-order chi connectivity index (χ0) is 61.4. The molecule has 0 amide bonds. The van der Waals surface area contributed by atoms with Gasteiger partial charge in [0.15, 0.2) is 29.0 Å². The molecule has 0 aliphatic carbocycles. The predicted molar refractivity (Wildman–Crippen MR) is 333 cm³/mol. The minimum atomic E-state index is -0.761. The maximum atomic E-state index is 13.0. The van der Waals surface area contributed by atoms with Crippen LogP contribution in [0.1, 0.15) is 69.7 Å². The van der Waals surface area contributed by atoms with Crippen molar-refractivity contribution >= 4 is 83.6 Å². The van der Waals surface area contributed by atoms with Gasteiger partial charge in [-0.2, -0.15) is 15.3 Å². The average molecular weight is 1250 g/mol. The molecule has 27 nitrogen and oxygen atoms in total. The monoisotopic (exact) mass is 1250 g/mol. The number of benzene rings is 2. The number of anilines is 7. The van der Waals surface area contributed by atoms with Gasteiger partial charge >= 0.3 is 0 Å². The van der Waals surface area contributed by atoms with Gasteiger partial charge in [0, 0.05) is 83.7 Å². The van der Waals surface area contributed by atoms with Gasteiger partial charge in [-0.3, -0.25) is 9.59 Å². The number of rotatable bonds is 23. The SMILES string of the molecule is COc1cc(OC)cc([C@@H](OC)C(=O)Cc2nnc(N[C@@H]3CCN(c4ccc(C)nn4)C3)s2)c1.COc1cc(OC)cc([C@H](OC)C(=O)Cc2nnc(N[C@@H]3CCN(c4ccc(C)nn4)C3)s2)c1.Cc1ccc(N2CC[C@@H](Nc3nnc(N)s3)C2)nn1. The van der Waals surface area contributed by atoms with Crippen molar-refractivity contribution in [3.05, 3.63) is 111 Å². The second-order valence-corrected chi connectivity index (χ2v) is 23.7. The van der Waals surface area contributed by atoms with E-state index in [9.17, 15) is 9.59 Å². The first kappa shape index (κ1) is 62.9. The van der Waals surface area contributed by atoms with E-state index in [0.717, 1.165) is 98.2 Å². The molecule has 6 aromatic heterocycles. The number of ketones is 2. The van der Waals surface area contributed by atoms with E-state index in [1.54, 1.807) is 64.8 Å². The molecular weight excluding hydrogens is 1170 g/mol. The first-order valence-electron chi connectivity index (χ1n) is 27.9. The quantitative estimate of drug-likeness (QED) is 0.0524. The number of nitrogens with zero attached hydrogens (tertiary/aromatic N) is 15. The fourth-order valence-electron chi connectivity index (χ4n) is 9.88. The molecule has 5 atom stereocenters. The molecule has 3 fully saturated rings. The third-order valence-electron chi connectivity index (χ3n) is 14.3. The maximum Gasteiger partial charge on any atom is 0.207 e. The summed E-state index contributed by atoms with van der Waals surface area (Å²) in [5, 5.41) is 63.9. The first-order chi connectivity index (χ1) is 42.2. The van der Waals surface area contributed by atoms with Crippen LogP contribution in [0.2, 0.25) is 0 Å². The highest BCUT2D eigenvalue weighted by molar-refractivity contribution is 7.18. The second-order valence-electron chi connectivity index (χ2n) is 20.6. The van der Waals surface area contributed by atoms with Crippen LogP contribution in [0, 0.1) is 20.8 Å². The van der Waals surface area contributed by atoms with Crippen LogP contribution in [0.5, 0.6) is 23.0 Å². The Balaban J connectivity index is 0.000000162. The van der Waals surface area contributed by atoms with E-state index in [1.807, 2.05) is 57.2 Å². The fourth-order valence-corrected chi connectivity index (χ4v) is 12.1. The molecule has 0 bridgehead atoms. The van der Waals surface area contributed by atoms with Gasteiger partial charge in [-0.25, -0.2) is 0 Å². The Morgan fingerprint density at radius 1 is 0.471 bits per heavy atom. The van der Waals surface area contributed by atoms with Crippen LogP contribution >= 0.6 is 34.0 Å². The van der Waals surface area contributed by atoms with Crippen LogP contribution < -0.4 is 55.3 Å². The van der Waals surface area contributed by atoms with E-state index >= 15 is 0 Å². The molecule has 3 saturated heterocycles. The molecule has 3 aliphatic heterocycles. The van der Waals surface area contributed by atoms with Crippen molar-refractivity contribution in [1.82, 2.24) is 61.2 Å². The molecule has 3 aliphatic rings. The largest absolute Gasteiger partial charge is 0.497 e. The summed E-state index contributed by atoms with van der Waals surface area (Å²) in [7, 11) is 9.27. The summed E-state index contributed by atoms with van der Waals surface area (Å²) in [6.07, 6.45) is 1.65. The minimum Gasteiger partial charge on any atom is -0.497 e. The number of carbonyl (C=O) groups is 2. The number of Topliss-reactive ketones (excluding diaryl/α,β-unsaturated/α-hetero) is 2. The Kier molecular flexibility index (Phi) is 21.8. The van der Waals surface area contributed by atoms with Crippen LogP contribution in [0.15, 0.2) is 72.8 Å². The Morgan fingerprint density at radius 3 is 1.09 bits per heavy atom. The number of methoxy groups -OCH3 is 6. The minimum absolute atomic E-state index is 0.118. The third kappa shape index (κ3) is 17.3. The molecular formula is C57H71N19O8S3. The lowest BCUT2D eigenvalue weighted by Crippen LogP contribution is -2.26. The molecule has 0 radical (unpaired) electrons. The van der Waals surface area contributed by atoms with Crippen molar-refractivity contribution in [3.63, 3.8) is 0 Å². The number of ether oxygens (including phenoxy) is 6. The van der Waals surface area contributed by atoms with Crippen LogP contribution in [0.25, 0.3) is 0 Å². The number of nitrogens with two attached hydrogens (primary N) is 1. The maximum absolute atomic E-state index is 13.0. The summed E-state index contributed by atoms with van der Waals surface area (Å²) >= 11 is 4.13. The second kappa shape index (κ2) is 30.2. The Labute approximate surface area is 515 Å². The summed E-state index contributed by atoms with van der Waals surface area (Å²) in [4.78, 5) is 32.6. The molecule has 30 heteroatoms. The Hall–Kier alpha value is -8.58. The zero-order valence-corrected chi connectivity index (χ0v) is 52.3. The van der Waals surface area contributed by atoms with Crippen molar-refractivity contribution in [2.75, 3.05) is 118 Å². The molecule has 0 spiro atoms. The number of carbonyl (C=O) groups excluding carboxylic acids is 2. The van der Waals surface area contributed by atoms with Crippen LogP contribution in [0.4, 0.5) is 38.0 Å². The van der Waals surface area contributed by atoms with Crippen LogP contribution in [-0.2, 0) is 31.9 Å². The summed E-state index contributed by atoms with van der Waals surface area (Å²) < 4.78 is 32.3. The lowest BCUT2D eigenvalue weighted by atomic mass is 10.0. The molecule has 8 aromatic rings. The highest BCUT2D eigenvalue weighted by Crippen LogP contribution is 2.33. The smallest absolute Gasteiger partial charge is 0.207 e. The molecule has 2 aromatic carbocycles. The standard InChI is InChI=1S/2C23H28N6O4S.C11H15N7S/c2*1-14-5-6-20(26-25-14)29-8-7-16(13-29)24-23-28-27-21(34-23)12-19(30)22(33-4)15-9-17(31-2)11-18(10-15)32-3;1-7-2-3-9(15-14-7)18-5-4-8(6-18)13-11-17-16-10(12)19-11/h2*5-6,9-11,16,22H,7-8,12-13H2,1-4H3,(H,24,28);2-3,8H,4-6H2,1H3,(H2,12,16)(H,13,17)/t16-,22+;16-,22-;8-/m111/s1. The number of nitrogen functional groups attached to an aromatic ring is 1. The van der Waals surface area contributed by atoms with E-state index in [2.05, 4.69) is 91.8 Å². The van der Waals surface area contributed by atoms with E-state index in [0.29, 0.717) is 65.6 Å². The third-order valence-corrected chi connectivity index (χ3v) is 16.7. The van der Waals surface area contributed by atoms with Crippen molar-refractivity contribution in [2.24, 2.45) is 0 Å². The van der Waals surface area contributed by atoms with Gasteiger partial charge in [0.1, 0.15) is 45.2 Å². The number of aryl methyl sites for hydroxylation is 3. The fraction of sp³-hybridized carbons (Fsp3) is 0.439. The normalized spacial score (nSPS) is 16.9. The predicted octanol–water partition coefficient (Wildman–Crippen LogP) is 6.60. The van der Waals surface area contributed by atoms with Gasteiger partial charge in [0.2, 0.25) is 20.5 Å². The van der Waals surface area contributed by atoms with Crippen molar-refractivity contribution in [2.45, 2.75) is 83.2 Å². The Bertz CT molecular complexity index is 3290. The van der Waals surface area contributed by atoms with E-state index in [1.165, 1.54) is 48.2 Å². The van der Waals surface area contributed by atoms with Crippen molar-refractivity contribution in [1.29, 1.82) is 0 Å². The summed E-state index contributed by atoms with van der Waals surface area (Å²) in [6.45, 7) is 11.0. The van der Waals surface area contributed by atoms with Gasteiger partial charge in [-0.15, -0.1) is 45.9 Å². The average Bonchev–Trinajstić information content (AvgIpc) is 4.61. The number of hydrogen-bond acceptors (Lipinski definition) is 30. The van der Waals surface area contributed by atoms with Gasteiger partial charge in [-0.05, 0) is 112 Å². The van der Waals surface area contributed by atoms with Gasteiger partial charge in [0.05, 0.1) is 58.4 Å². The molecule has 9 heterocycles. The van der Waals surface area contributed by atoms with E-state index in [-0.39, 0.29) is 36.5 Å². The molecule has 11 rings (SSSR count). The molecule has 460 valence electrons. The van der Waals surface area contributed by atoms with Crippen molar-refractivity contribution in [3.8, 4) is 23.0 Å². The molecule has 0 unspecified atom stereocenters. The van der Waals surface area contributed by atoms with E-state index < -0.39 is 12.2 Å². The zero-order valence-electron chi connectivity index (χ0n) is 49.9. The number of aromatic nitrogens is 12. The molecule has 0 saturated carbocycles. The lowest BCUT2D eigenvalue weighted by Gasteiger charge is -2.17. The number of hydrogen-bond donors (Lipinski definition) is 4. The summed E-state index contributed by atoms with van der Waals surface area (Å²) in [5.74, 6) is 4.80. The van der Waals surface area contributed by atoms with Crippen LogP contribution in [0.3, 0.4) is 0 Å². The van der Waals surface area contributed by atoms with Gasteiger partial charge in [-0.1, -0.05) is 34.0 Å².